The number of rotatable bonds is 4. The number of H-pyrrole nitrogens is 1. The Kier molecular flexibility index (Phi) is 3.42. The molecule has 0 aliphatic rings. The van der Waals surface area contributed by atoms with Crippen LogP contribution in [0.4, 0.5) is 0 Å². The summed E-state index contributed by atoms with van der Waals surface area (Å²) in [6.07, 6.45) is 0. The Morgan fingerprint density at radius 2 is 1.82 bits per heavy atom. The molecule has 2 aromatic carbocycles. The van der Waals surface area contributed by atoms with Crippen molar-refractivity contribution in [3.05, 3.63) is 42.0 Å². The molecule has 0 amide bonds. The van der Waals surface area contributed by atoms with Crippen LogP contribution in [0.15, 0.2) is 36.4 Å². The maximum atomic E-state index is 11.0. The molecule has 0 bridgehead atoms. The first-order chi connectivity index (χ1) is 10.6. The van der Waals surface area contributed by atoms with E-state index < -0.39 is 5.97 Å². The molecular weight excluding hydrogens is 284 g/mol. The second-order valence-corrected chi connectivity index (χ2v) is 4.66. The normalized spacial score (nSPS) is 10.6. The van der Waals surface area contributed by atoms with Crippen LogP contribution in [0.25, 0.3) is 22.4 Å². The number of aromatic nitrogens is 2. The van der Waals surface area contributed by atoms with E-state index in [2.05, 4.69) is 9.97 Å². The molecule has 1 aromatic heterocycles. The first-order valence-electron chi connectivity index (χ1n) is 6.58. The molecule has 0 unspecified atom stereocenters. The van der Waals surface area contributed by atoms with Crippen molar-refractivity contribution in [2.45, 2.75) is 0 Å². The molecule has 0 saturated heterocycles. The lowest BCUT2D eigenvalue weighted by Crippen LogP contribution is -1.94. The summed E-state index contributed by atoms with van der Waals surface area (Å²) in [5, 5.41) is 9.06. The minimum Gasteiger partial charge on any atom is -0.496 e. The number of carboxylic acids is 1. The number of carboxylic acid groups (broad SMARTS) is 1. The van der Waals surface area contributed by atoms with E-state index in [0.717, 1.165) is 0 Å². The highest BCUT2D eigenvalue weighted by Crippen LogP contribution is 2.37. The van der Waals surface area contributed by atoms with E-state index in [1.165, 1.54) is 6.07 Å². The number of benzene rings is 2. The number of ether oxygens (including phenoxy) is 2. The van der Waals surface area contributed by atoms with Gasteiger partial charge in [0.15, 0.2) is 0 Å². The van der Waals surface area contributed by atoms with Gasteiger partial charge < -0.3 is 19.6 Å². The van der Waals surface area contributed by atoms with Crippen molar-refractivity contribution in [2.75, 3.05) is 14.2 Å². The smallest absolute Gasteiger partial charge is 0.335 e. The van der Waals surface area contributed by atoms with Gasteiger partial charge in [0.1, 0.15) is 22.9 Å². The molecule has 22 heavy (non-hydrogen) atoms. The largest absolute Gasteiger partial charge is 0.496 e. The Balaban J connectivity index is 2.20. The van der Waals surface area contributed by atoms with Crippen LogP contribution in [-0.2, 0) is 0 Å². The molecule has 0 aliphatic carbocycles. The topological polar surface area (TPSA) is 84.4 Å². The first-order valence-corrected chi connectivity index (χ1v) is 6.58. The molecule has 2 N–H and O–H groups in total. The number of fused-ring (bicyclic) bond motifs is 1. The molecule has 0 radical (unpaired) electrons. The first kappa shape index (κ1) is 13.9. The number of aromatic amines is 1. The van der Waals surface area contributed by atoms with E-state index in [-0.39, 0.29) is 5.56 Å². The zero-order valence-electron chi connectivity index (χ0n) is 12.1. The van der Waals surface area contributed by atoms with E-state index >= 15 is 0 Å². The van der Waals surface area contributed by atoms with Crippen molar-refractivity contribution < 1.29 is 19.4 Å². The van der Waals surface area contributed by atoms with Gasteiger partial charge in [0.2, 0.25) is 0 Å². The molecule has 3 rings (SSSR count). The number of carbonyl (C=O) groups is 1. The van der Waals surface area contributed by atoms with Crippen LogP contribution >= 0.6 is 0 Å². The lowest BCUT2D eigenvalue weighted by atomic mass is 10.1. The zero-order chi connectivity index (χ0) is 15.7. The lowest BCUT2D eigenvalue weighted by molar-refractivity contribution is 0.0697. The van der Waals surface area contributed by atoms with E-state index in [4.69, 9.17) is 14.6 Å². The third-order valence-corrected chi connectivity index (χ3v) is 3.39. The van der Waals surface area contributed by atoms with Crippen LogP contribution in [0.3, 0.4) is 0 Å². The van der Waals surface area contributed by atoms with E-state index in [1.54, 1.807) is 26.4 Å². The summed E-state index contributed by atoms with van der Waals surface area (Å²) in [7, 11) is 3.15. The van der Waals surface area contributed by atoms with Gasteiger partial charge in [0, 0.05) is 0 Å². The van der Waals surface area contributed by atoms with Gasteiger partial charge >= 0.3 is 5.97 Å². The minimum atomic E-state index is -0.979. The molecule has 6 heteroatoms. The second-order valence-electron chi connectivity index (χ2n) is 4.66. The van der Waals surface area contributed by atoms with Crippen LogP contribution in [-0.4, -0.2) is 35.3 Å². The maximum Gasteiger partial charge on any atom is 0.335 e. The van der Waals surface area contributed by atoms with Gasteiger partial charge in [-0.05, 0) is 30.3 Å². The maximum absolute atomic E-state index is 11.0. The predicted octanol–water partition coefficient (Wildman–Crippen LogP) is 2.95. The van der Waals surface area contributed by atoms with E-state index in [0.29, 0.717) is 33.9 Å². The molecule has 0 spiro atoms. The highest BCUT2D eigenvalue weighted by atomic mass is 16.5. The second kappa shape index (κ2) is 5.40. The van der Waals surface area contributed by atoms with Crippen LogP contribution in [0.5, 0.6) is 11.5 Å². The number of nitrogens with one attached hydrogen (secondary N) is 1. The molecule has 6 nitrogen and oxygen atoms in total. The van der Waals surface area contributed by atoms with Gasteiger partial charge in [0.25, 0.3) is 0 Å². The molecular formula is C16H14N2O4. The highest BCUT2D eigenvalue weighted by molar-refractivity contribution is 5.93. The summed E-state index contributed by atoms with van der Waals surface area (Å²) in [4.78, 5) is 18.7. The molecule has 0 saturated carbocycles. The van der Waals surface area contributed by atoms with Gasteiger partial charge in [-0.15, -0.1) is 0 Å². The average molecular weight is 298 g/mol. The number of hydrogen-bond acceptors (Lipinski definition) is 4. The summed E-state index contributed by atoms with van der Waals surface area (Å²) < 4.78 is 10.7. The Hall–Kier alpha value is -3.02. The standard InChI is InChI=1S/C16H14N2O4/c1-21-12-4-3-5-13(22-2)14(12)15-17-10-7-6-9(16(19)20)8-11(10)18-15/h3-8H,1-2H3,(H,17,18)(H,19,20). The van der Waals surface area contributed by atoms with Crippen molar-refractivity contribution >= 4 is 17.0 Å². The SMILES string of the molecule is COc1cccc(OC)c1-c1nc2ccc(C(=O)O)cc2[nH]1. The summed E-state index contributed by atoms with van der Waals surface area (Å²) in [6, 6.07) is 10.2. The Morgan fingerprint density at radius 1 is 1.14 bits per heavy atom. The monoisotopic (exact) mass is 298 g/mol. The number of methoxy groups -OCH3 is 2. The summed E-state index contributed by atoms with van der Waals surface area (Å²) >= 11 is 0. The average Bonchev–Trinajstić information content (AvgIpc) is 2.96. The van der Waals surface area contributed by atoms with Crippen molar-refractivity contribution in [1.82, 2.24) is 9.97 Å². The molecule has 3 aromatic rings. The number of nitrogens with zero attached hydrogens (tertiary/aromatic N) is 1. The third kappa shape index (κ3) is 2.24. The van der Waals surface area contributed by atoms with Crippen LogP contribution in [0.1, 0.15) is 10.4 Å². The lowest BCUT2D eigenvalue weighted by Gasteiger charge is -2.10. The van der Waals surface area contributed by atoms with Gasteiger partial charge in [-0.25, -0.2) is 9.78 Å². The minimum absolute atomic E-state index is 0.203. The fourth-order valence-electron chi connectivity index (χ4n) is 2.35. The molecule has 0 fully saturated rings. The van der Waals surface area contributed by atoms with Gasteiger partial charge in [-0.2, -0.15) is 0 Å². The Bertz CT molecular complexity index is 832. The summed E-state index contributed by atoms with van der Waals surface area (Å²) in [5.41, 5.74) is 2.21. The molecule has 112 valence electrons. The van der Waals surface area contributed by atoms with E-state index in [1.807, 2.05) is 18.2 Å². The van der Waals surface area contributed by atoms with Crippen molar-refractivity contribution in [1.29, 1.82) is 0 Å². The Morgan fingerprint density at radius 3 is 2.41 bits per heavy atom. The van der Waals surface area contributed by atoms with Gasteiger partial charge in [-0.1, -0.05) is 6.07 Å². The molecule has 0 atom stereocenters. The number of aromatic carboxylic acids is 1. The fraction of sp³-hybridized carbons (Fsp3) is 0.125. The van der Waals surface area contributed by atoms with Gasteiger partial charge in [0.05, 0.1) is 30.8 Å². The molecule has 0 aliphatic heterocycles. The van der Waals surface area contributed by atoms with Crippen LogP contribution in [0, 0.1) is 0 Å². The van der Waals surface area contributed by atoms with Gasteiger partial charge in [-0.3, -0.25) is 0 Å². The quantitative estimate of drug-likeness (QED) is 0.773. The third-order valence-electron chi connectivity index (χ3n) is 3.39. The van der Waals surface area contributed by atoms with Crippen molar-refractivity contribution in [3.63, 3.8) is 0 Å². The highest BCUT2D eigenvalue weighted by Gasteiger charge is 2.16. The van der Waals surface area contributed by atoms with Crippen LogP contribution < -0.4 is 9.47 Å². The fourth-order valence-corrected chi connectivity index (χ4v) is 2.35. The predicted molar refractivity (Wildman–Crippen MR) is 81.6 cm³/mol. The molecule has 1 heterocycles. The number of imidazole rings is 1. The summed E-state index contributed by atoms with van der Waals surface area (Å²) in [6.45, 7) is 0. The van der Waals surface area contributed by atoms with Crippen LogP contribution in [0.2, 0.25) is 0 Å². The Labute approximate surface area is 126 Å². The van der Waals surface area contributed by atoms with Crippen molar-refractivity contribution in [3.8, 4) is 22.9 Å². The van der Waals surface area contributed by atoms with Crippen molar-refractivity contribution in [2.24, 2.45) is 0 Å². The van der Waals surface area contributed by atoms with E-state index in [9.17, 15) is 4.79 Å². The number of hydrogen-bond donors (Lipinski definition) is 2. The zero-order valence-corrected chi connectivity index (χ0v) is 12.1. The summed E-state index contributed by atoms with van der Waals surface area (Å²) in [5.74, 6) is 0.827.